The number of para-hydroxylation sites is 1. The molecule has 3 aromatic rings. The van der Waals surface area contributed by atoms with Crippen LogP contribution in [0.15, 0.2) is 125 Å². The molecule has 0 aromatic heterocycles. The Morgan fingerprint density at radius 3 is 1.95 bits per heavy atom. The maximum atomic E-state index is 12.6. The number of ether oxygens (including phenoxy) is 4. The van der Waals surface area contributed by atoms with E-state index in [1.54, 1.807) is 36.4 Å². The van der Waals surface area contributed by atoms with Crippen molar-refractivity contribution in [1.29, 1.82) is 0 Å². The molecule has 0 spiro atoms. The molecule has 0 radical (unpaired) electrons. The van der Waals surface area contributed by atoms with Gasteiger partial charge >= 0.3 is 24.1 Å². The number of nitrogens with one attached hydrogen (secondary N) is 2. The molecule has 1 aliphatic heterocycles. The molecule has 2 N–H and O–H groups in total. The number of anilines is 2. The third-order valence-electron chi connectivity index (χ3n) is 9.29. The van der Waals surface area contributed by atoms with Gasteiger partial charge in [-0.2, -0.15) is 0 Å². The van der Waals surface area contributed by atoms with Crippen molar-refractivity contribution in [2.24, 2.45) is 0 Å². The van der Waals surface area contributed by atoms with E-state index in [-0.39, 0.29) is 62.8 Å². The second-order valence-corrected chi connectivity index (χ2v) is 15.2. The highest BCUT2D eigenvalue weighted by Crippen LogP contribution is 2.43. The van der Waals surface area contributed by atoms with E-state index in [9.17, 15) is 32.1 Å². The number of alkyl carbamates (subject to hydrolysis) is 2. The second kappa shape index (κ2) is 21.5. The first-order valence-corrected chi connectivity index (χ1v) is 21.0. The van der Waals surface area contributed by atoms with Gasteiger partial charge in [0.1, 0.15) is 47.8 Å². The molecule has 0 unspecified atom stereocenters. The molecule has 2 amide bonds. The summed E-state index contributed by atoms with van der Waals surface area (Å²) in [6, 6.07) is 26.2. The lowest BCUT2D eigenvalue weighted by Gasteiger charge is -2.26. The van der Waals surface area contributed by atoms with E-state index < -0.39 is 39.1 Å². The van der Waals surface area contributed by atoms with Crippen LogP contribution in [0.2, 0.25) is 0 Å². The van der Waals surface area contributed by atoms with E-state index in [1.807, 2.05) is 58.9 Å². The number of esters is 2. The zero-order valence-electron chi connectivity index (χ0n) is 34.6. The number of amides is 2. The van der Waals surface area contributed by atoms with Gasteiger partial charge in [0.15, 0.2) is 13.2 Å². The average molecular weight is 869 g/mol. The number of carbonyl (C=O) groups excluding carboxylic acids is 4. The fourth-order valence-electron chi connectivity index (χ4n) is 6.32. The first kappa shape index (κ1) is 46.1. The monoisotopic (exact) mass is 868 g/mol. The fraction of sp³-hybridized carbons (Fsp3) is 0.267. The lowest BCUT2D eigenvalue weighted by atomic mass is 9.93. The summed E-state index contributed by atoms with van der Waals surface area (Å²) in [4.78, 5) is 49.5. The van der Waals surface area contributed by atoms with E-state index in [2.05, 4.69) is 23.8 Å². The van der Waals surface area contributed by atoms with Crippen molar-refractivity contribution in [2.45, 2.75) is 25.7 Å². The number of benzene rings is 4. The first-order valence-electron chi connectivity index (χ1n) is 19.6. The third-order valence-corrected chi connectivity index (χ3v) is 10.2. The third kappa shape index (κ3) is 12.3. The minimum atomic E-state index is -4.91. The molecule has 0 saturated carbocycles. The lowest BCUT2D eigenvalue weighted by molar-refractivity contribution is -0.139. The predicted octanol–water partition coefficient (Wildman–Crippen LogP) is 5.73. The minimum Gasteiger partial charge on any atom is -0.744 e. The smallest absolute Gasteiger partial charge is 0.407 e. The largest absolute Gasteiger partial charge is 0.744 e. The number of hydrogen-bond acceptors (Lipinski definition) is 13. The van der Waals surface area contributed by atoms with Crippen LogP contribution in [0, 0.1) is 0 Å². The maximum absolute atomic E-state index is 12.6. The standard InChI is InChI=1S/C45H48N4O12S/c1-6-48(22-26-59-44(52)46-20-24-57-42(50)30(2)3)33-16-18-35-38(28-33)61-39-29-34(17-19-36(39)41(35)37-14-10-11-15-40(37)62(54,55)56)49(32-12-8-7-9-13-32)23-27-60-45(53)47-21-25-58-43(51)31(4)5/h7-19,28-29H,2,4,6,20-27H2,1,3,5H3,(H2-,46,47,52,53,54,55,56). The molecule has 2 aliphatic rings. The van der Waals surface area contributed by atoms with Crippen molar-refractivity contribution >= 4 is 56.6 Å². The molecule has 3 aromatic carbocycles. The van der Waals surface area contributed by atoms with Crippen molar-refractivity contribution in [3.05, 3.63) is 121 Å². The molecule has 326 valence electrons. The Morgan fingerprint density at radius 2 is 1.34 bits per heavy atom. The summed E-state index contributed by atoms with van der Waals surface area (Å²) >= 11 is 0. The summed E-state index contributed by atoms with van der Waals surface area (Å²) in [7, 11) is -4.91. The van der Waals surface area contributed by atoms with Gasteiger partial charge in [-0.1, -0.05) is 49.6 Å². The molecule has 0 bridgehead atoms. The number of carbonyl (C=O) groups is 4. The van der Waals surface area contributed by atoms with E-state index in [0.717, 1.165) is 5.69 Å². The lowest BCUT2D eigenvalue weighted by Crippen LogP contribution is -2.35. The van der Waals surface area contributed by atoms with Gasteiger partial charge in [0.05, 0.1) is 30.6 Å². The van der Waals surface area contributed by atoms with Crippen LogP contribution in [0.3, 0.4) is 0 Å². The Kier molecular flexibility index (Phi) is 16.0. The topological polar surface area (TPSA) is 206 Å². The van der Waals surface area contributed by atoms with E-state index in [1.165, 1.54) is 26.0 Å². The molecule has 16 nitrogen and oxygen atoms in total. The molecule has 0 fully saturated rings. The summed E-state index contributed by atoms with van der Waals surface area (Å²) in [5.41, 5.74) is 3.48. The number of likely N-dealkylation sites (N-methyl/N-ethyl adjacent to an activating group) is 1. The fourth-order valence-corrected chi connectivity index (χ4v) is 7.00. The summed E-state index contributed by atoms with van der Waals surface area (Å²) in [6.45, 7) is 13.0. The van der Waals surface area contributed by atoms with Crippen molar-refractivity contribution in [3.8, 4) is 22.5 Å². The number of fused-ring (bicyclic) bond motifs is 2. The maximum Gasteiger partial charge on any atom is 0.407 e. The van der Waals surface area contributed by atoms with Gasteiger partial charge in [-0.25, -0.2) is 32.2 Å². The molecular weight excluding hydrogens is 821 g/mol. The van der Waals surface area contributed by atoms with Gasteiger partial charge in [-0.3, -0.25) is 0 Å². The van der Waals surface area contributed by atoms with Crippen molar-refractivity contribution in [1.82, 2.24) is 15.2 Å². The van der Waals surface area contributed by atoms with Crippen molar-refractivity contribution < 1.29 is 55.5 Å². The number of rotatable bonds is 19. The predicted molar refractivity (Wildman–Crippen MR) is 231 cm³/mol. The van der Waals surface area contributed by atoms with Gasteiger partial charge < -0.3 is 43.5 Å². The normalized spacial score (nSPS) is 11.6. The van der Waals surface area contributed by atoms with Crippen molar-refractivity contribution in [2.75, 3.05) is 64.1 Å². The second-order valence-electron chi connectivity index (χ2n) is 13.8. The summed E-state index contributed by atoms with van der Waals surface area (Å²) < 4.78 is 67.2. The van der Waals surface area contributed by atoms with E-state index in [4.69, 9.17) is 23.4 Å². The van der Waals surface area contributed by atoms with E-state index in [0.29, 0.717) is 52.0 Å². The highest BCUT2D eigenvalue weighted by atomic mass is 32.2. The van der Waals surface area contributed by atoms with Gasteiger partial charge in [0.2, 0.25) is 5.36 Å². The van der Waals surface area contributed by atoms with Crippen LogP contribution in [-0.2, 0) is 38.7 Å². The van der Waals surface area contributed by atoms with Crippen LogP contribution in [0.1, 0.15) is 20.8 Å². The Hall–Kier alpha value is -6.98. The average Bonchev–Trinajstić information content (AvgIpc) is 3.25. The first-order chi connectivity index (χ1) is 29.7. The van der Waals surface area contributed by atoms with Crippen LogP contribution < -0.4 is 25.5 Å². The molecule has 5 rings (SSSR count). The molecule has 1 aliphatic carbocycles. The highest BCUT2D eigenvalue weighted by molar-refractivity contribution is 7.85. The minimum absolute atomic E-state index is 0.0209. The van der Waals surface area contributed by atoms with Gasteiger partial charge in [-0.05, 0) is 57.2 Å². The summed E-state index contributed by atoms with van der Waals surface area (Å²) in [5.74, 6) is -0.743. The van der Waals surface area contributed by atoms with Crippen LogP contribution >= 0.6 is 0 Å². The molecule has 17 heteroatoms. The highest BCUT2D eigenvalue weighted by Gasteiger charge is 2.23. The Labute approximate surface area is 359 Å². The Morgan fingerprint density at radius 1 is 0.726 bits per heavy atom. The summed E-state index contributed by atoms with van der Waals surface area (Å²) in [6.07, 6.45) is -1.38. The van der Waals surface area contributed by atoms with Gasteiger partial charge in [0, 0.05) is 56.7 Å². The molecule has 1 heterocycles. The molecular formula is C45H48N4O12S. The summed E-state index contributed by atoms with van der Waals surface area (Å²) in [5, 5.41) is 6.31. The van der Waals surface area contributed by atoms with Crippen molar-refractivity contribution in [3.63, 3.8) is 0 Å². The van der Waals surface area contributed by atoms with Gasteiger partial charge in [-0.15, -0.1) is 0 Å². The van der Waals surface area contributed by atoms with Crippen LogP contribution in [-0.4, -0.2) is 96.2 Å². The number of nitrogens with zero attached hydrogens (tertiary/aromatic N) is 2. The van der Waals surface area contributed by atoms with Crippen LogP contribution in [0.5, 0.6) is 0 Å². The van der Waals surface area contributed by atoms with Crippen LogP contribution in [0.4, 0.5) is 21.0 Å². The quantitative estimate of drug-likeness (QED) is 0.0194. The SMILES string of the molecule is C=C(C)C(=O)OCCNC(=O)OCCN(c1ccccc1)c1ccc2c(-c3ccccc3S(=O)(=O)[O-])c3ccc(=[N+](CC)CCOC(=O)NCCOC(=O)C(=C)C)cc-3oc2c1. The van der Waals surface area contributed by atoms with E-state index >= 15 is 0 Å². The molecule has 0 atom stereocenters. The number of hydrogen-bond donors (Lipinski definition) is 2. The Balaban J connectivity index is 1.48. The molecule has 62 heavy (non-hydrogen) atoms. The zero-order valence-corrected chi connectivity index (χ0v) is 35.5. The van der Waals surface area contributed by atoms with Crippen LogP contribution in [0.25, 0.3) is 33.4 Å². The molecule has 0 saturated heterocycles. The van der Waals surface area contributed by atoms with Gasteiger partial charge in [0.25, 0.3) is 0 Å². The zero-order chi connectivity index (χ0) is 44.8. The Bertz CT molecular complexity index is 2610.